The molecular weight excluding hydrogens is 333 g/mol. The summed E-state index contributed by atoms with van der Waals surface area (Å²) in [7, 11) is -1.28. The van der Waals surface area contributed by atoms with Crippen LogP contribution >= 0.6 is 0 Å². The van der Waals surface area contributed by atoms with Gasteiger partial charge in [0.2, 0.25) is 5.92 Å². The number of esters is 1. The van der Waals surface area contributed by atoms with Crippen molar-refractivity contribution in [3.63, 3.8) is 0 Å². The second kappa shape index (κ2) is 7.95. The molecule has 1 heterocycles. The van der Waals surface area contributed by atoms with Crippen molar-refractivity contribution in [1.82, 2.24) is 0 Å². The van der Waals surface area contributed by atoms with Crippen LogP contribution in [0, 0.1) is 0 Å². The number of ether oxygens (including phenoxy) is 1. The highest BCUT2D eigenvalue weighted by Gasteiger charge is 2.38. The van der Waals surface area contributed by atoms with E-state index in [1.165, 1.54) is 0 Å². The third-order valence-corrected chi connectivity index (χ3v) is 4.05. The van der Waals surface area contributed by atoms with E-state index in [0.717, 1.165) is 6.92 Å². The van der Waals surface area contributed by atoms with Crippen LogP contribution in [0.1, 0.15) is 49.0 Å². The Hall–Kier alpha value is -1.96. The topological polar surface area (TPSA) is 72.8 Å². The number of benzene rings is 1. The number of alkyl halides is 2. The van der Waals surface area contributed by atoms with Gasteiger partial charge in [0, 0.05) is 25.1 Å². The van der Waals surface area contributed by atoms with Gasteiger partial charge in [0.05, 0.1) is 6.61 Å². The fourth-order valence-electron chi connectivity index (χ4n) is 2.78. The molecule has 0 aliphatic carbocycles. The van der Waals surface area contributed by atoms with Crippen LogP contribution in [0.25, 0.3) is 0 Å². The van der Waals surface area contributed by atoms with Gasteiger partial charge in [0.1, 0.15) is 17.1 Å². The summed E-state index contributed by atoms with van der Waals surface area (Å²) in [6.45, 7) is 2.67. The van der Waals surface area contributed by atoms with E-state index >= 15 is 0 Å². The molecule has 0 amide bonds. The van der Waals surface area contributed by atoms with Crippen molar-refractivity contribution in [3.05, 3.63) is 29.3 Å². The smallest absolute Gasteiger partial charge is 0.526 e. The van der Waals surface area contributed by atoms with E-state index in [4.69, 9.17) is 9.39 Å². The monoisotopic (exact) mass is 354 g/mol. The largest absolute Gasteiger partial charge is 0.535 e. The maximum Gasteiger partial charge on any atom is 0.526 e. The third kappa shape index (κ3) is 5.26. The van der Waals surface area contributed by atoms with Crippen molar-refractivity contribution in [2.45, 2.75) is 51.3 Å². The summed E-state index contributed by atoms with van der Waals surface area (Å²) < 4.78 is 36.1. The first-order valence-electron chi connectivity index (χ1n) is 8.24. The lowest BCUT2D eigenvalue weighted by molar-refractivity contribution is -0.121. The molecule has 0 aromatic heterocycles. The van der Waals surface area contributed by atoms with Gasteiger partial charge in [0.15, 0.2) is 0 Å². The van der Waals surface area contributed by atoms with Crippen LogP contribution in [-0.2, 0) is 16.0 Å². The number of ketones is 1. The highest BCUT2D eigenvalue weighted by molar-refractivity contribution is 6.47. The lowest BCUT2D eigenvalue weighted by Crippen LogP contribution is -2.36. The number of carbonyl (C=O) groups is 2. The second-order valence-corrected chi connectivity index (χ2v) is 6.30. The van der Waals surface area contributed by atoms with Crippen LogP contribution < -0.4 is 4.65 Å². The molecule has 1 atom stereocenters. The molecule has 5 nitrogen and oxygen atoms in total. The Balaban J connectivity index is 2.07. The predicted molar refractivity (Wildman–Crippen MR) is 87.9 cm³/mol. The summed E-state index contributed by atoms with van der Waals surface area (Å²) in [6, 6.07) is 4.95. The first-order valence-corrected chi connectivity index (χ1v) is 8.24. The van der Waals surface area contributed by atoms with E-state index in [9.17, 15) is 23.4 Å². The molecule has 1 aliphatic rings. The molecule has 0 fully saturated rings. The van der Waals surface area contributed by atoms with Gasteiger partial charge in [-0.05, 0) is 31.9 Å². The first-order chi connectivity index (χ1) is 11.7. The Morgan fingerprint density at radius 1 is 1.44 bits per heavy atom. The maximum atomic E-state index is 12.8. The van der Waals surface area contributed by atoms with Crippen LogP contribution in [0.2, 0.25) is 5.82 Å². The number of carbonyl (C=O) groups excluding carboxylic acids is 2. The van der Waals surface area contributed by atoms with Gasteiger partial charge in [-0.2, -0.15) is 0 Å². The molecule has 136 valence electrons. The Morgan fingerprint density at radius 3 is 2.80 bits per heavy atom. The zero-order chi connectivity index (χ0) is 18.6. The SMILES string of the molecule is CCOC(=O)c1cccc2c1OB(O)[C@@H](CC(=O)CCC(C)(F)F)C2. The van der Waals surface area contributed by atoms with Crippen molar-refractivity contribution in [3.8, 4) is 5.75 Å². The maximum absolute atomic E-state index is 12.8. The minimum atomic E-state index is -2.89. The van der Waals surface area contributed by atoms with Crippen LogP contribution in [0.3, 0.4) is 0 Å². The summed E-state index contributed by atoms with van der Waals surface area (Å²) in [5, 5.41) is 10.2. The minimum absolute atomic E-state index is 0.0552. The standard InChI is InChI=1S/C17H21BF2O5/c1-3-24-16(22)14-6-4-5-11-9-12(18(23)25-15(11)14)10-13(21)7-8-17(2,19)20/h4-6,12,23H,3,7-10H2,1-2H3/t12-/m1/s1. The van der Waals surface area contributed by atoms with Gasteiger partial charge >= 0.3 is 13.1 Å². The van der Waals surface area contributed by atoms with E-state index in [1.54, 1.807) is 25.1 Å². The molecule has 1 aromatic rings. The van der Waals surface area contributed by atoms with Crippen LogP contribution in [0.5, 0.6) is 5.75 Å². The van der Waals surface area contributed by atoms with Crippen LogP contribution in [0.4, 0.5) is 8.78 Å². The van der Waals surface area contributed by atoms with Crippen molar-refractivity contribution in [2.75, 3.05) is 6.61 Å². The molecule has 0 saturated carbocycles. The van der Waals surface area contributed by atoms with Crippen molar-refractivity contribution in [2.24, 2.45) is 0 Å². The molecule has 0 bridgehead atoms. The fraction of sp³-hybridized carbons (Fsp3) is 0.529. The minimum Gasteiger partial charge on any atom is -0.535 e. The summed E-state index contributed by atoms with van der Waals surface area (Å²) >= 11 is 0. The average Bonchev–Trinajstić information content (AvgIpc) is 2.53. The molecule has 0 spiro atoms. The van der Waals surface area contributed by atoms with Crippen LogP contribution in [0.15, 0.2) is 18.2 Å². The lowest BCUT2D eigenvalue weighted by atomic mass is 9.64. The van der Waals surface area contributed by atoms with Gasteiger partial charge in [0.25, 0.3) is 0 Å². The number of halogens is 2. The van der Waals surface area contributed by atoms with E-state index in [0.29, 0.717) is 12.0 Å². The second-order valence-electron chi connectivity index (χ2n) is 6.30. The Kier molecular flexibility index (Phi) is 6.16. The van der Waals surface area contributed by atoms with E-state index in [2.05, 4.69) is 0 Å². The first kappa shape index (κ1) is 19.4. The lowest BCUT2D eigenvalue weighted by Gasteiger charge is -2.28. The van der Waals surface area contributed by atoms with E-state index in [-0.39, 0.29) is 36.5 Å². The summed E-state index contributed by atoms with van der Waals surface area (Å²) in [5.41, 5.74) is 0.892. The van der Waals surface area contributed by atoms with E-state index in [1.807, 2.05) is 0 Å². The molecular formula is C17H21BF2O5. The number of Topliss-reactive ketones (excluding diaryl/α,β-unsaturated/α-hetero) is 1. The van der Waals surface area contributed by atoms with E-state index < -0.39 is 31.2 Å². The van der Waals surface area contributed by atoms with Gasteiger partial charge in [-0.3, -0.25) is 4.79 Å². The molecule has 1 N–H and O–H groups in total. The number of para-hydroxylation sites is 1. The van der Waals surface area contributed by atoms with Crippen molar-refractivity contribution in [1.29, 1.82) is 0 Å². The zero-order valence-electron chi connectivity index (χ0n) is 14.3. The molecule has 1 aliphatic heterocycles. The average molecular weight is 354 g/mol. The van der Waals surface area contributed by atoms with Crippen molar-refractivity contribution >= 4 is 18.9 Å². The molecule has 0 unspecified atom stereocenters. The third-order valence-electron chi connectivity index (χ3n) is 4.05. The summed E-state index contributed by atoms with van der Waals surface area (Å²) in [4.78, 5) is 23.9. The van der Waals surface area contributed by atoms with Gasteiger partial charge < -0.3 is 14.4 Å². The number of fused-ring (bicyclic) bond motifs is 1. The van der Waals surface area contributed by atoms with Crippen molar-refractivity contribution < 1.29 is 32.8 Å². The van der Waals surface area contributed by atoms with Gasteiger partial charge in [-0.15, -0.1) is 0 Å². The Morgan fingerprint density at radius 2 is 2.16 bits per heavy atom. The molecule has 2 rings (SSSR count). The molecule has 8 heteroatoms. The van der Waals surface area contributed by atoms with Crippen LogP contribution in [-0.4, -0.2) is 36.4 Å². The Bertz CT molecular complexity index is 644. The molecule has 25 heavy (non-hydrogen) atoms. The van der Waals surface area contributed by atoms with Gasteiger partial charge in [-0.25, -0.2) is 13.6 Å². The zero-order valence-corrected chi connectivity index (χ0v) is 14.3. The summed E-state index contributed by atoms with van der Waals surface area (Å²) in [5.74, 6) is -4.08. The molecule has 1 aromatic carbocycles. The normalized spacial score (nSPS) is 16.8. The number of rotatable bonds is 7. The highest BCUT2D eigenvalue weighted by atomic mass is 19.3. The number of hydrogen-bond donors (Lipinski definition) is 1. The predicted octanol–water partition coefficient (Wildman–Crippen LogP) is 3.04. The fourth-order valence-corrected chi connectivity index (χ4v) is 2.78. The number of hydrogen-bond acceptors (Lipinski definition) is 5. The Labute approximate surface area is 145 Å². The molecule has 0 radical (unpaired) electrons. The summed E-state index contributed by atoms with van der Waals surface area (Å²) in [6.07, 6.45) is -0.500. The van der Waals surface area contributed by atoms with Gasteiger partial charge in [-0.1, -0.05) is 12.1 Å². The molecule has 0 saturated heterocycles. The highest BCUT2D eigenvalue weighted by Crippen LogP contribution is 2.37. The quantitative estimate of drug-likeness (QED) is 0.602.